The average Bonchev–Trinajstić information content (AvgIpc) is 2.56. The van der Waals surface area contributed by atoms with Gasteiger partial charge in [-0.15, -0.1) is 0 Å². The van der Waals surface area contributed by atoms with Gasteiger partial charge < -0.3 is 16.4 Å². The van der Waals surface area contributed by atoms with Crippen LogP contribution in [0.3, 0.4) is 0 Å². The van der Waals surface area contributed by atoms with Crippen molar-refractivity contribution >= 4 is 11.8 Å². The van der Waals surface area contributed by atoms with Crippen LogP contribution in [0, 0.1) is 5.92 Å². The minimum atomic E-state index is -0.572. The van der Waals surface area contributed by atoms with E-state index in [1.54, 1.807) is 6.92 Å². The molecule has 14 heavy (non-hydrogen) atoms. The van der Waals surface area contributed by atoms with Crippen LogP contribution in [0.2, 0.25) is 0 Å². The fraction of sp³-hybridized carbons (Fsp3) is 0.778. The molecule has 1 heterocycles. The van der Waals surface area contributed by atoms with Crippen molar-refractivity contribution < 1.29 is 9.59 Å². The second kappa shape index (κ2) is 4.95. The Hall–Kier alpha value is -1.10. The third-order valence-electron chi connectivity index (χ3n) is 2.44. The molecule has 5 heteroatoms. The predicted octanol–water partition coefficient (Wildman–Crippen LogP) is -1.02. The molecule has 1 fully saturated rings. The first-order valence-electron chi connectivity index (χ1n) is 4.89. The van der Waals surface area contributed by atoms with Crippen LogP contribution in [0.5, 0.6) is 0 Å². The van der Waals surface area contributed by atoms with Crippen LogP contribution in [-0.4, -0.2) is 30.9 Å². The topological polar surface area (TPSA) is 84.2 Å². The lowest BCUT2D eigenvalue weighted by Gasteiger charge is -2.12. The van der Waals surface area contributed by atoms with Crippen LogP contribution in [0.4, 0.5) is 0 Å². The van der Waals surface area contributed by atoms with Gasteiger partial charge in [-0.2, -0.15) is 0 Å². The minimum absolute atomic E-state index is 0.0926. The van der Waals surface area contributed by atoms with Crippen LogP contribution >= 0.6 is 0 Å². The lowest BCUT2D eigenvalue weighted by atomic mass is 10.0. The van der Waals surface area contributed by atoms with Gasteiger partial charge in [0.05, 0.1) is 0 Å². The average molecular weight is 199 g/mol. The van der Waals surface area contributed by atoms with Crippen LogP contribution < -0.4 is 16.4 Å². The van der Waals surface area contributed by atoms with Crippen molar-refractivity contribution in [1.82, 2.24) is 10.6 Å². The van der Waals surface area contributed by atoms with Gasteiger partial charge in [-0.05, 0) is 32.4 Å². The Morgan fingerprint density at radius 2 is 2.36 bits per heavy atom. The van der Waals surface area contributed by atoms with Crippen molar-refractivity contribution in [2.24, 2.45) is 11.7 Å². The molecule has 4 N–H and O–H groups in total. The molecule has 0 bridgehead atoms. The normalized spacial score (nSPS) is 23.1. The lowest BCUT2D eigenvalue weighted by molar-refractivity contribution is -0.127. The van der Waals surface area contributed by atoms with Gasteiger partial charge in [-0.3, -0.25) is 9.59 Å². The fourth-order valence-electron chi connectivity index (χ4n) is 1.52. The van der Waals surface area contributed by atoms with E-state index in [-0.39, 0.29) is 5.91 Å². The molecule has 1 saturated heterocycles. The number of primary amides is 1. The summed E-state index contributed by atoms with van der Waals surface area (Å²) in [5.74, 6) is -0.192. The highest BCUT2D eigenvalue weighted by atomic mass is 16.2. The first-order chi connectivity index (χ1) is 6.59. The molecular formula is C9H17N3O2. The molecule has 5 nitrogen and oxygen atoms in total. The number of nitrogens with two attached hydrogens (primary N) is 1. The van der Waals surface area contributed by atoms with Gasteiger partial charge in [-0.25, -0.2) is 0 Å². The Labute approximate surface area is 83.4 Å². The van der Waals surface area contributed by atoms with Gasteiger partial charge in [0.25, 0.3) is 0 Å². The molecule has 1 aliphatic rings. The molecule has 0 radical (unpaired) electrons. The van der Waals surface area contributed by atoms with E-state index in [0.29, 0.717) is 12.3 Å². The molecule has 0 aromatic carbocycles. The Bertz CT molecular complexity index is 224. The van der Waals surface area contributed by atoms with Gasteiger partial charge >= 0.3 is 0 Å². The van der Waals surface area contributed by atoms with Crippen LogP contribution in [-0.2, 0) is 9.59 Å². The SMILES string of the molecule is CC(NC(=O)CC1CCNC1)C(N)=O. The molecule has 2 amide bonds. The third-order valence-corrected chi connectivity index (χ3v) is 2.44. The van der Waals surface area contributed by atoms with Crippen molar-refractivity contribution in [3.8, 4) is 0 Å². The molecule has 2 unspecified atom stereocenters. The number of amides is 2. The number of rotatable bonds is 4. The van der Waals surface area contributed by atoms with E-state index in [9.17, 15) is 9.59 Å². The Balaban J connectivity index is 2.24. The van der Waals surface area contributed by atoms with Crippen LogP contribution in [0.15, 0.2) is 0 Å². The molecule has 2 atom stereocenters. The highest BCUT2D eigenvalue weighted by Crippen LogP contribution is 2.11. The first-order valence-corrected chi connectivity index (χ1v) is 4.89. The van der Waals surface area contributed by atoms with E-state index in [1.165, 1.54) is 0 Å². The van der Waals surface area contributed by atoms with Gasteiger partial charge in [-0.1, -0.05) is 0 Å². The van der Waals surface area contributed by atoms with Crippen molar-refractivity contribution in [3.05, 3.63) is 0 Å². The standard InChI is InChI=1S/C9H17N3O2/c1-6(9(10)14)12-8(13)4-7-2-3-11-5-7/h6-7,11H,2-5H2,1H3,(H2,10,14)(H,12,13). The number of hydrogen-bond acceptors (Lipinski definition) is 3. The van der Waals surface area contributed by atoms with Gasteiger partial charge in [0.2, 0.25) is 11.8 Å². The summed E-state index contributed by atoms with van der Waals surface area (Å²) in [6.07, 6.45) is 1.50. The summed E-state index contributed by atoms with van der Waals surface area (Å²) in [7, 11) is 0. The number of carbonyl (C=O) groups is 2. The maximum absolute atomic E-state index is 11.4. The third kappa shape index (κ3) is 3.33. The van der Waals surface area contributed by atoms with Crippen molar-refractivity contribution in [2.75, 3.05) is 13.1 Å². The molecule has 0 spiro atoms. The van der Waals surface area contributed by atoms with Crippen molar-refractivity contribution in [1.29, 1.82) is 0 Å². The molecule has 0 aliphatic carbocycles. The van der Waals surface area contributed by atoms with E-state index < -0.39 is 11.9 Å². The molecule has 80 valence electrons. The van der Waals surface area contributed by atoms with Crippen LogP contribution in [0.1, 0.15) is 19.8 Å². The summed E-state index contributed by atoms with van der Waals surface area (Å²) in [6, 6.07) is -0.572. The largest absolute Gasteiger partial charge is 0.368 e. The summed E-state index contributed by atoms with van der Waals surface area (Å²) in [5, 5.41) is 5.75. The van der Waals surface area contributed by atoms with Crippen molar-refractivity contribution in [2.45, 2.75) is 25.8 Å². The fourth-order valence-corrected chi connectivity index (χ4v) is 1.52. The second-order valence-electron chi connectivity index (χ2n) is 3.75. The van der Waals surface area contributed by atoms with E-state index in [0.717, 1.165) is 19.5 Å². The molecule has 1 aliphatic heterocycles. The Morgan fingerprint density at radius 1 is 1.64 bits per heavy atom. The highest BCUT2D eigenvalue weighted by molar-refractivity contribution is 5.86. The smallest absolute Gasteiger partial charge is 0.239 e. The number of nitrogens with one attached hydrogen (secondary N) is 2. The molecule has 0 aromatic rings. The molecule has 0 aromatic heterocycles. The molecule has 1 rings (SSSR count). The zero-order chi connectivity index (χ0) is 10.6. The lowest BCUT2D eigenvalue weighted by Crippen LogP contribution is -2.42. The zero-order valence-corrected chi connectivity index (χ0v) is 8.38. The monoisotopic (exact) mass is 199 g/mol. The number of carbonyl (C=O) groups excluding carboxylic acids is 2. The Morgan fingerprint density at radius 3 is 2.86 bits per heavy atom. The van der Waals surface area contributed by atoms with E-state index in [4.69, 9.17) is 5.73 Å². The quantitative estimate of drug-likeness (QED) is 0.541. The summed E-state index contributed by atoms with van der Waals surface area (Å²) in [5.41, 5.74) is 5.03. The maximum atomic E-state index is 11.4. The van der Waals surface area contributed by atoms with E-state index >= 15 is 0 Å². The van der Waals surface area contributed by atoms with Gasteiger partial charge in [0.1, 0.15) is 6.04 Å². The second-order valence-corrected chi connectivity index (χ2v) is 3.75. The minimum Gasteiger partial charge on any atom is -0.368 e. The zero-order valence-electron chi connectivity index (χ0n) is 8.38. The van der Waals surface area contributed by atoms with E-state index in [1.807, 2.05) is 0 Å². The summed E-state index contributed by atoms with van der Waals surface area (Å²) in [6.45, 7) is 3.45. The predicted molar refractivity (Wildman–Crippen MR) is 52.4 cm³/mol. The first kappa shape index (κ1) is 11.0. The summed E-state index contributed by atoms with van der Waals surface area (Å²) in [4.78, 5) is 22.0. The Kier molecular flexibility index (Phi) is 3.88. The molecule has 0 saturated carbocycles. The maximum Gasteiger partial charge on any atom is 0.239 e. The van der Waals surface area contributed by atoms with Gasteiger partial charge in [0.15, 0.2) is 0 Å². The summed E-state index contributed by atoms with van der Waals surface area (Å²) >= 11 is 0. The van der Waals surface area contributed by atoms with E-state index in [2.05, 4.69) is 10.6 Å². The number of hydrogen-bond donors (Lipinski definition) is 3. The summed E-state index contributed by atoms with van der Waals surface area (Å²) < 4.78 is 0. The van der Waals surface area contributed by atoms with Crippen molar-refractivity contribution in [3.63, 3.8) is 0 Å². The molecular weight excluding hydrogens is 182 g/mol. The van der Waals surface area contributed by atoms with Crippen LogP contribution in [0.25, 0.3) is 0 Å². The highest BCUT2D eigenvalue weighted by Gasteiger charge is 2.19. The van der Waals surface area contributed by atoms with Gasteiger partial charge in [0, 0.05) is 6.42 Å².